The molecule has 0 saturated carbocycles. The number of nitrogens with two attached hydrogens (primary N) is 1. The van der Waals surface area contributed by atoms with Crippen LogP contribution in [0.2, 0.25) is 5.02 Å². The first-order valence-corrected chi connectivity index (χ1v) is 5.28. The third-order valence-electron chi connectivity index (χ3n) is 1.94. The molecule has 0 amide bonds. The van der Waals surface area contributed by atoms with Gasteiger partial charge in [0.15, 0.2) is 0 Å². The monoisotopic (exact) mass is 240 g/mol. The van der Waals surface area contributed by atoms with Gasteiger partial charge in [-0.05, 0) is 18.2 Å². The van der Waals surface area contributed by atoms with Gasteiger partial charge < -0.3 is 11.1 Å². The molecule has 0 radical (unpaired) electrons. The van der Waals surface area contributed by atoms with Crippen LogP contribution in [-0.4, -0.2) is 13.1 Å². The van der Waals surface area contributed by atoms with Crippen LogP contribution in [0.5, 0.6) is 0 Å². The second-order valence-electron chi connectivity index (χ2n) is 3.22. The third-order valence-corrected chi connectivity index (χ3v) is 2.23. The molecule has 0 saturated heterocycles. The normalized spacial score (nSPS) is 10.7. The van der Waals surface area contributed by atoms with Crippen molar-refractivity contribution in [2.45, 2.75) is 0 Å². The van der Waals surface area contributed by atoms with Crippen molar-refractivity contribution in [3.05, 3.63) is 53.0 Å². The Balaban J connectivity index is 2.69. The van der Waals surface area contributed by atoms with E-state index < -0.39 is 5.82 Å². The quantitative estimate of drug-likeness (QED) is 0.777. The summed E-state index contributed by atoms with van der Waals surface area (Å²) in [6.07, 6.45) is 3.30. The molecule has 0 heterocycles. The van der Waals surface area contributed by atoms with Crippen LogP contribution in [0.15, 0.2) is 36.6 Å². The maximum atomic E-state index is 13.5. The van der Waals surface area contributed by atoms with E-state index in [-0.39, 0.29) is 5.02 Å². The van der Waals surface area contributed by atoms with Gasteiger partial charge in [-0.2, -0.15) is 0 Å². The Bertz CT molecular complexity index is 402. The lowest BCUT2D eigenvalue weighted by atomic mass is 10.2. The summed E-state index contributed by atoms with van der Waals surface area (Å²) >= 11 is 5.65. The predicted octanol–water partition coefficient (Wildman–Crippen LogP) is 2.55. The Morgan fingerprint density at radius 2 is 2.31 bits per heavy atom. The fourth-order valence-corrected chi connectivity index (χ4v) is 1.31. The molecule has 3 N–H and O–H groups in total. The van der Waals surface area contributed by atoms with Gasteiger partial charge in [0, 0.05) is 24.4 Å². The fraction of sp³-hybridized carbons (Fsp3) is 0.167. The van der Waals surface area contributed by atoms with E-state index in [0.29, 0.717) is 24.4 Å². The highest BCUT2D eigenvalue weighted by atomic mass is 35.5. The molecule has 16 heavy (non-hydrogen) atoms. The first kappa shape index (κ1) is 12.7. The highest BCUT2D eigenvalue weighted by Gasteiger charge is 2.02. The zero-order chi connectivity index (χ0) is 12.0. The number of allylic oxidation sites excluding steroid dienone is 1. The predicted molar refractivity (Wildman–Crippen MR) is 66.6 cm³/mol. The van der Waals surface area contributed by atoms with Gasteiger partial charge in [0.1, 0.15) is 5.82 Å². The zero-order valence-electron chi connectivity index (χ0n) is 8.84. The van der Waals surface area contributed by atoms with Gasteiger partial charge in [-0.25, -0.2) is 4.39 Å². The van der Waals surface area contributed by atoms with Crippen molar-refractivity contribution in [2.24, 2.45) is 5.73 Å². The van der Waals surface area contributed by atoms with Crippen molar-refractivity contribution >= 4 is 17.7 Å². The lowest BCUT2D eigenvalue weighted by Gasteiger charge is -2.03. The summed E-state index contributed by atoms with van der Waals surface area (Å²) in [5, 5.41) is 3.09. The molecule has 1 aromatic carbocycles. The molecule has 4 heteroatoms. The first-order chi connectivity index (χ1) is 7.65. The summed E-state index contributed by atoms with van der Waals surface area (Å²) < 4.78 is 13.5. The molecule has 0 spiro atoms. The molecule has 0 unspecified atom stereocenters. The maximum Gasteiger partial charge on any atom is 0.148 e. The number of hydrogen-bond donors (Lipinski definition) is 2. The summed E-state index contributed by atoms with van der Waals surface area (Å²) in [4.78, 5) is 0. The fourth-order valence-electron chi connectivity index (χ4n) is 1.13. The van der Waals surface area contributed by atoms with E-state index in [1.807, 2.05) is 0 Å². The molecule has 0 aliphatic heterocycles. The minimum Gasteiger partial charge on any atom is -0.384 e. The van der Waals surface area contributed by atoms with Gasteiger partial charge in [0.2, 0.25) is 0 Å². The van der Waals surface area contributed by atoms with Crippen LogP contribution in [0.3, 0.4) is 0 Å². The minimum absolute atomic E-state index is 0.114. The SMILES string of the molecule is C=C(/C=C/c1cccc(Cl)c1F)NCCN. The first-order valence-electron chi connectivity index (χ1n) is 4.90. The van der Waals surface area contributed by atoms with E-state index >= 15 is 0 Å². The number of halogens is 2. The molecule has 86 valence electrons. The molecule has 1 rings (SSSR count). The van der Waals surface area contributed by atoms with E-state index in [2.05, 4.69) is 11.9 Å². The van der Waals surface area contributed by atoms with Crippen LogP contribution in [0.4, 0.5) is 4.39 Å². The van der Waals surface area contributed by atoms with Crippen molar-refractivity contribution in [3.63, 3.8) is 0 Å². The second-order valence-corrected chi connectivity index (χ2v) is 3.62. The lowest BCUT2D eigenvalue weighted by Crippen LogP contribution is -2.20. The van der Waals surface area contributed by atoms with Crippen molar-refractivity contribution in [1.82, 2.24) is 5.32 Å². The zero-order valence-corrected chi connectivity index (χ0v) is 9.60. The van der Waals surface area contributed by atoms with Crippen molar-refractivity contribution in [1.29, 1.82) is 0 Å². The van der Waals surface area contributed by atoms with E-state index in [9.17, 15) is 4.39 Å². The Kier molecular flexibility index (Phi) is 5.02. The van der Waals surface area contributed by atoms with Crippen LogP contribution in [0, 0.1) is 5.82 Å². The molecule has 0 aromatic heterocycles. The molecule has 2 nitrogen and oxygen atoms in total. The minimum atomic E-state index is -0.424. The van der Waals surface area contributed by atoms with Crippen molar-refractivity contribution in [3.8, 4) is 0 Å². The molecule has 0 aliphatic carbocycles. The third kappa shape index (κ3) is 3.68. The molecule has 1 aromatic rings. The van der Waals surface area contributed by atoms with Gasteiger partial charge in [0.05, 0.1) is 5.02 Å². The molecule has 0 aliphatic rings. The molecule has 0 bridgehead atoms. The van der Waals surface area contributed by atoms with Crippen molar-refractivity contribution < 1.29 is 4.39 Å². The highest BCUT2D eigenvalue weighted by molar-refractivity contribution is 6.30. The van der Waals surface area contributed by atoms with E-state index in [4.69, 9.17) is 17.3 Å². The number of nitrogens with one attached hydrogen (secondary N) is 1. The Morgan fingerprint density at radius 3 is 3.00 bits per heavy atom. The Hall–Kier alpha value is -1.32. The van der Waals surface area contributed by atoms with E-state index in [0.717, 1.165) is 0 Å². The Labute approximate surface area is 99.6 Å². The van der Waals surface area contributed by atoms with E-state index in [1.165, 1.54) is 6.07 Å². The van der Waals surface area contributed by atoms with Gasteiger partial charge in [-0.15, -0.1) is 0 Å². The van der Waals surface area contributed by atoms with Gasteiger partial charge in [-0.1, -0.05) is 30.3 Å². The van der Waals surface area contributed by atoms with Gasteiger partial charge >= 0.3 is 0 Å². The van der Waals surface area contributed by atoms with Crippen LogP contribution < -0.4 is 11.1 Å². The number of hydrogen-bond acceptors (Lipinski definition) is 2. The average Bonchev–Trinajstić information content (AvgIpc) is 2.28. The standard InChI is InChI=1S/C12H14ClFN2/c1-9(16-8-7-15)5-6-10-3-2-4-11(13)12(10)14/h2-6,16H,1,7-8,15H2/b6-5+. The average molecular weight is 241 g/mol. The summed E-state index contributed by atoms with van der Waals surface area (Å²) in [5.74, 6) is -0.424. The number of benzene rings is 1. The molecule has 0 fully saturated rings. The molecular formula is C12H14ClFN2. The smallest absolute Gasteiger partial charge is 0.148 e. The maximum absolute atomic E-state index is 13.5. The Morgan fingerprint density at radius 1 is 1.56 bits per heavy atom. The van der Waals surface area contributed by atoms with Crippen LogP contribution >= 0.6 is 11.6 Å². The van der Waals surface area contributed by atoms with E-state index in [1.54, 1.807) is 24.3 Å². The summed E-state index contributed by atoms with van der Waals surface area (Å²) in [7, 11) is 0. The summed E-state index contributed by atoms with van der Waals surface area (Å²) in [6, 6.07) is 4.85. The lowest BCUT2D eigenvalue weighted by molar-refractivity contribution is 0.625. The number of rotatable bonds is 5. The largest absolute Gasteiger partial charge is 0.384 e. The second kappa shape index (κ2) is 6.30. The topological polar surface area (TPSA) is 38.0 Å². The van der Waals surface area contributed by atoms with Gasteiger partial charge in [0.25, 0.3) is 0 Å². The van der Waals surface area contributed by atoms with Gasteiger partial charge in [-0.3, -0.25) is 0 Å². The van der Waals surface area contributed by atoms with Crippen LogP contribution in [0.1, 0.15) is 5.56 Å². The molecule has 0 atom stereocenters. The van der Waals surface area contributed by atoms with Crippen molar-refractivity contribution in [2.75, 3.05) is 13.1 Å². The van der Waals surface area contributed by atoms with Crippen LogP contribution in [-0.2, 0) is 0 Å². The van der Waals surface area contributed by atoms with Crippen LogP contribution in [0.25, 0.3) is 6.08 Å². The summed E-state index contributed by atoms with van der Waals surface area (Å²) in [6.45, 7) is 4.92. The summed E-state index contributed by atoms with van der Waals surface area (Å²) in [5.41, 5.74) is 6.44. The molecular weight excluding hydrogens is 227 g/mol. The highest BCUT2D eigenvalue weighted by Crippen LogP contribution is 2.18.